The van der Waals surface area contributed by atoms with Gasteiger partial charge in [0.25, 0.3) is 17.3 Å². The number of benzene rings is 2. The Balaban J connectivity index is 2.13. The molecule has 2 aromatic carbocycles. The van der Waals surface area contributed by atoms with Gasteiger partial charge in [-0.15, -0.1) is 0 Å². The number of nitro benzene ring substituents is 2. The van der Waals surface area contributed by atoms with E-state index in [-0.39, 0.29) is 26.8 Å². The standard InChI is InChI=1S/C18H15ClN4O6S/c1-2-29-8-7-21-15-6-4-12(23(27)28)10-16(15)30-18(21)20-17(24)13-9-11(22(25)26)3-5-14(13)19/h3-6,9-10H,2,7-8H2,1H3. The lowest BCUT2D eigenvalue weighted by Gasteiger charge is -2.05. The summed E-state index contributed by atoms with van der Waals surface area (Å²) in [5.41, 5.74) is 0.183. The van der Waals surface area contributed by atoms with Crippen molar-refractivity contribution in [1.29, 1.82) is 0 Å². The maximum atomic E-state index is 12.7. The van der Waals surface area contributed by atoms with Crippen molar-refractivity contribution in [2.24, 2.45) is 4.99 Å². The number of rotatable bonds is 7. The molecule has 0 radical (unpaired) electrons. The first-order valence-electron chi connectivity index (χ1n) is 8.70. The molecule has 0 saturated carbocycles. The Bertz CT molecular complexity index is 1220. The number of carbonyl (C=O) groups is 1. The van der Waals surface area contributed by atoms with Gasteiger partial charge in [0, 0.05) is 37.4 Å². The van der Waals surface area contributed by atoms with Crippen molar-refractivity contribution < 1.29 is 19.4 Å². The van der Waals surface area contributed by atoms with Crippen molar-refractivity contribution in [1.82, 2.24) is 4.57 Å². The van der Waals surface area contributed by atoms with Crippen LogP contribution in [0.2, 0.25) is 5.02 Å². The summed E-state index contributed by atoms with van der Waals surface area (Å²) < 4.78 is 7.65. The van der Waals surface area contributed by atoms with Crippen LogP contribution in [0.25, 0.3) is 10.2 Å². The van der Waals surface area contributed by atoms with Crippen LogP contribution >= 0.6 is 22.9 Å². The van der Waals surface area contributed by atoms with E-state index < -0.39 is 15.8 Å². The molecule has 0 aliphatic rings. The maximum Gasteiger partial charge on any atom is 0.281 e. The number of nitro groups is 2. The van der Waals surface area contributed by atoms with Crippen molar-refractivity contribution in [3.63, 3.8) is 0 Å². The van der Waals surface area contributed by atoms with Gasteiger partial charge in [0.1, 0.15) is 0 Å². The molecule has 156 valence electrons. The lowest BCUT2D eigenvalue weighted by Crippen LogP contribution is -2.19. The number of halogens is 1. The highest BCUT2D eigenvalue weighted by Gasteiger charge is 2.17. The highest BCUT2D eigenvalue weighted by molar-refractivity contribution is 7.16. The lowest BCUT2D eigenvalue weighted by atomic mass is 10.2. The van der Waals surface area contributed by atoms with E-state index in [1.807, 2.05) is 6.92 Å². The zero-order chi connectivity index (χ0) is 21.8. The van der Waals surface area contributed by atoms with E-state index in [9.17, 15) is 25.0 Å². The van der Waals surface area contributed by atoms with Crippen LogP contribution in [0.1, 0.15) is 17.3 Å². The summed E-state index contributed by atoms with van der Waals surface area (Å²) in [5, 5.41) is 22.1. The minimum absolute atomic E-state index is 0.0342. The van der Waals surface area contributed by atoms with Crippen LogP contribution in [0.4, 0.5) is 11.4 Å². The third-order valence-corrected chi connectivity index (χ3v) is 5.50. The Morgan fingerprint density at radius 3 is 2.50 bits per heavy atom. The summed E-state index contributed by atoms with van der Waals surface area (Å²) in [5.74, 6) is -0.755. The zero-order valence-corrected chi connectivity index (χ0v) is 17.2. The zero-order valence-electron chi connectivity index (χ0n) is 15.6. The van der Waals surface area contributed by atoms with Crippen molar-refractivity contribution in [2.45, 2.75) is 13.5 Å². The Labute approximate surface area is 178 Å². The summed E-state index contributed by atoms with van der Waals surface area (Å²) in [6.45, 7) is 3.06. The number of ether oxygens (including phenoxy) is 1. The number of hydrogen-bond acceptors (Lipinski definition) is 7. The lowest BCUT2D eigenvalue weighted by molar-refractivity contribution is -0.385. The molecular formula is C18H15ClN4O6S. The van der Waals surface area contributed by atoms with Crippen LogP contribution in [0, 0.1) is 20.2 Å². The van der Waals surface area contributed by atoms with Crippen LogP contribution in [0.15, 0.2) is 41.4 Å². The molecular weight excluding hydrogens is 436 g/mol. The van der Waals surface area contributed by atoms with E-state index in [1.165, 1.54) is 24.3 Å². The quantitative estimate of drug-likeness (QED) is 0.304. The molecule has 0 atom stereocenters. The fraction of sp³-hybridized carbons (Fsp3) is 0.222. The summed E-state index contributed by atoms with van der Waals surface area (Å²) in [6, 6.07) is 7.88. The van der Waals surface area contributed by atoms with Gasteiger partial charge in [0.2, 0.25) is 0 Å². The van der Waals surface area contributed by atoms with E-state index >= 15 is 0 Å². The number of fused-ring (bicyclic) bond motifs is 1. The van der Waals surface area contributed by atoms with Gasteiger partial charge in [-0.2, -0.15) is 4.99 Å². The Hall–Kier alpha value is -3.15. The molecule has 0 bridgehead atoms. The molecule has 1 aromatic heterocycles. The van der Waals surface area contributed by atoms with E-state index in [4.69, 9.17) is 16.3 Å². The first-order chi connectivity index (χ1) is 14.3. The molecule has 30 heavy (non-hydrogen) atoms. The predicted molar refractivity (Wildman–Crippen MR) is 111 cm³/mol. The van der Waals surface area contributed by atoms with Crippen LogP contribution < -0.4 is 4.80 Å². The van der Waals surface area contributed by atoms with E-state index in [0.29, 0.717) is 30.0 Å². The normalized spacial score (nSPS) is 11.7. The molecule has 1 heterocycles. The van der Waals surface area contributed by atoms with Gasteiger partial charge in [-0.3, -0.25) is 25.0 Å². The fourth-order valence-corrected chi connectivity index (χ4v) is 4.00. The summed E-state index contributed by atoms with van der Waals surface area (Å²) in [7, 11) is 0. The molecule has 0 aliphatic carbocycles. The van der Waals surface area contributed by atoms with Gasteiger partial charge in [-0.25, -0.2) is 0 Å². The van der Waals surface area contributed by atoms with Crippen LogP contribution in [0.5, 0.6) is 0 Å². The van der Waals surface area contributed by atoms with Gasteiger partial charge >= 0.3 is 0 Å². The number of thiazole rings is 1. The van der Waals surface area contributed by atoms with E-state index in [1.54, 1.807) is 10.6 Å². The van der Waals surface area contributed by atoms with Gasteiger partial charge in [-0.1, -0.05) is 22.9 Å². The molecule has 0 saturated heterocycles. The number of non-ortho nitro benzene ring substituents is 2. The molecule has 0 fully saturated rings. The average molecular weight is 451 g/mol. The molecule has 1 amide bonds. The average Bonchev–Trinajstić information content (AvgIpc) is 3.04. The highest BCUT2D eigenvalue weighted by Crippen LogP contribution is 2.25. The molecule has 3 rings (SSSR count). The van der Waals surface area contributed by atoms with Gasteiger partial charge in [0.05, 0.1) is 37.3 Å². The molecule has 10 nitrogen and oxygen atoms in total. The maximum absolute atomic E-state index is 12.7. The molecule has 0 spiro atoms. The number of carbonyl (C=O) groups excluding carboxylic acids is 1. The second kappa shape index (κ2) is 9.11. The Morgan fingerprint density at radius 1 is 1.17 bits per heavy atom. The molecule has 3 aromatic rings. The van der Waals surface area contributed by atoms with Crippen molar-refractivity contribution in [3.05, 3.63) is 72.0 Å². The topological polar surface area (TPSA) is 130 Å². The van der Waals surface area contributed by atoms with E-state index in [0.717, 1.165) is 17.4 Å². The Morgan fingerprint density at radius 2 is 1.83 bits per heavy atom. The van der Waals surface area contributed by atoms with Gasteiger partial charge in [-0.05, 0) is 19.1 Å². The van der Waals surface area contributed by atoms with Crippen molar-refractivity contribution >= 4 is 50.4 Å². The number of hydrogen-bond donors (Lipinski definition) is 0. The number of amides is 1. The minimum Gasteiger partial charge on any atom is -0.380 e. The summed E-state index contributed by atoms with van der Waals surface area (Å²) >= 11 is 7.13. The number of nitrogens with zero attached hydrogens (tertiary/aromatic N) is 4. The third kappa shape index (κ3) is 4.53. The van der Waals surface area contributed by atoms with Gasteiger partial charge in [0.15, 0.2) is 4.80 Å². The summed E-state index contributed by atoms with van der Waals surface area (Å²) in [6.07, 6.45) is 0. The summed E-state index contributed by atoms with van der Waals surface area (Å²) in [4.78, 5) is 38.0. The highest BCUT2D eigenvalue weighted by atomic mass is 35.5. The smallest absolute Gasteiger partial charge is 0.281 e. The fourth-order valence-electron chi connectivity index (χ4n) is 2.71. The SMILES string of the molecule is CCOCCn1c(=NC(=O)c2cc([N+](=O)[O-])ccc2Cl)sc2cc([N+](=O)[O-])ccc21. The van der Waals surface area contributed by atoms with Crippen LogP contribution in [0.3, 0.4) is 0 Å². The van der Waals surface area contributed by atoms with Crippen molar-refractivity contribution in [2.75, 3.05) is 13.2 Å². The largest absolute Gasteiger partial charge is 0.380 e. The van der Waals surface area contributed by atoms with Crippen molar-refractivity contribution in [3.8, 4) is 0 Å². The second-order valence-corrected chi connectivity index (χ2v) is 7.40. The molecule has 0 N–H and O–H groups in total. The Kier molecular flexibility index (Phi) is 6.55. The van der Waals surface area contributed by atoms with E-state index in [2.05, 4.69) is 4.99 Å². The van der Waals surface area contributed by atoms with Gasteiger partial charge < -0.3 is 9.30 Å². The molecule has 0 unspecified atom stereocenters. The van der Waals surface area contributed by atoms with Crippen LogP contribution in [-0.2, 0) is 11.3 Å². The molecule has 12 heteroatoms. The van der Waals surface area contributed by atoms with Crippen LogP contribution in [-0.4, -0.2) is 33.5 Å². The predicted octanol–water partition coefficient (Wildman–Crippen LogP) is 3.95. The third-order valence-electron chi connectivity index (χ3n) is 4.13. The minimum atomic E-state index is -0.755. The first-order valence-corrected chi connectivity index (χ1v) is 9.89. The first kappa shape index (κ1) is 21.6. The molecule has 0 aliphatic heterocycles. The number of aromatic nitrogens is 1. The second-order valence-electron chi connectivity index (χ2n) is 5.98. The monoisotopic (exact) mass is 450 g/mol.